The molecule has 1 aliphatic heterocycles. The summed E-state index contributed by atoms with van der Waals surface area (Å²) in [4.78, 5) is 2.32. The van der Waals surface area contributed by atoms with Gasteiger partial charge in [-0.25, -0.2) is 0 Å². The number of aromatic nitrogens is 1. The summed E-state index contributed by atoms with van der Waals surface area (Å²) >= 11 is 0. The molecule has 2 heterocycles. The van der Waals surface area contributed by atoms with Crippen molar-refractivity contribution >= 4 is 0 Å². The second-order valence-corrected chi connectivity index (χ2v) is 3.64. The van der Waals surface area contributed by atoms with E-state index in [1.807, 2.05) is 6.07 Å². The van der Waals surface area contributed by atoms with Crippen LogP contribution in [-0.2, 0) is 6.54 Å². The smallest absolute Gasteiger partial charge is 0.150 e. The molecule has 1 aromatic rings. The number of hydrogen-bond donors (Lipinski definition) is 1. The van der Waals surface area contributed by atoms with Crippen LogP contribution in [0.15, 0.2) is 16.8 Å². The van der Waals surface area contributed by atoms with Crippen LogP contribution in [0.4, 0.5) is 0 Å². The molecule has 0 bridgehead atoms. The van der Waals surface area contributed by atoms with E-state index in [9.17, 15) is 0 Å². The van der Waals surface area contributed by atoms with Crippen LogP contribution in [-0.4, -0.2) is 28.7 Å². The minimum atomic E-state index is 0.308. The Morgan fingerprint density at radius 2 is 2.62 bits per heavy atom. The summed E-state index contributed by atoms with van der Waals surface area (Å²) in [6.45, 7) is 4.05. The molecule has 13 heavy (non-hydrogen) atoms. The SMILES string of the molecule is CC1C(N)CCN1Cc1ccno1. The van der Waals surface area contributed by atoms with Crippen molar-refractivity contribution in [3.8, 4) is 0 Å². The molecule has 2 rings (SSSR count). The first-order chi connectivity index (χ1) is 6.27. The molecule has 1 aromatic heterocycles. The number of hydrogen-bond acceptors (Lipinski definition) is 4. The van der Waals surface area contributed by atoms with Gasteiger partial charge in [-0.2, -0.15) is 0 Å². The van der Waals surface area contributed by atoms with Gasteiger partial charge in [0.25, 0.3) is 0 Å². The van der Waals surface area contributed by atoms with Gasteiger partial charge in [0.05, 0.1) is 12.7 Å². The highest BCUT2D eigenvalue weighted by molar-refractivity contribution is 4.96. The fourth-order valence-corrected chi connectivity index (χ4v) is 1.78. The van der Waals surface area contributed by atoms with Crippen LogP contribution in [0.2, 0.25) is 0 Å². The average molecular weight is 181 g/mol. The molecule has 0 amide bonds. The van der Waals surface area contributed by atoms with Gasteiger partial charge >= 0.3 is 0 Å². The number of nitrogens with zero attached hydrogens (tertiary/aromatic N) is 2. The molecule has 1 saturated heterocycles. The molecule has 0 aromatic carbocycles. The van der Waals surface area contributed by atoms with E-state index in [1.54, 1.807) is 6.20 Å². The third-order valence-corrected chi connectivity index (χ3v) is 2.80. The zero-order valence-electron chi connectivity index (χ0n) is 7.81. The topological polar surface area (TPSA) is 55.3 Å². The molecule has 0 spiro atoms. The molecule has 0 radical (unpaired) electrons. The minimum Gasteiger partial charge on any atom is -0.360 e. The van der Waals surface area contributed by atoms with E-state index in [0.29, 0.717) is 12.1 Å². The third kappa shape index (κ3) is 1.73. The maximum atomic E-state index is 5.91. The van der Waals surface area contributed by atoms with Gasteiger partial charge in [0.15, 0.2) is 5.76 Å². The summed E-state index contributed by atoms with van der Waals surface area (Å²) in [5, 5.41) is 3.68. The quantitative estimate of drug-likeness (QED) is 0.725. The van der Waals surface area contributed by atoms with E-state index in [0.717, 1.165) is 25.3 Å². The molecule has 2 atom stereocenters. The van der Waals surface area contributed by atoms with Crippen molar-refractivity contribution < 1.29 is 4.52 Å². The summed E-state index contributed by atoms with van der Waals surface area (Å²) in [5.74, 6) is 0.918. The number of rotatable bonds is 2. The monoisotopic (exact) mass is 181 g/mol. The second kappa shape index (κ2) is 3.47. The lowest BCUT2D eigenvalue weighted by atomic mass is 10.2. The summed E-state index contributed by atoms with van der Waals surface area (Å²) in [6, 6.07) is 2.66. The summed E-state index contributed by atoms with van der Waals surface area (Å²) in [5.41, 5.74) is 5.91. The van der Waals surface area contributed by atoms with E-state index in [4.69, 9.17) is 10.3 Å². The highest BCUT2D eigenvalue weighted by atomic mass is 16.5. The minimum absolute atomic E-state index is 0.308. The molecular formula is C9H15N3O. The highest BCUT2D eigenvalue weighted by Crippen LogP contribution is 2.18. The largest absolute Gasteiger partial charge is 0.360 e. The summed E-state index contributed by atoms with van der Waals surface area (Å²) < 4.78 is 5.05. The van der Waals surface area contributed by atoms with E-state index >= 15 is 0 Å². The Kier molecular flexibility index (Phi) is 2.33. The molecular weight excluding hydrogens is 166 g/mol. The first-order valence-electron chi connectivity index (χ1n) is 4.66. The lowest BCUT2D eigenvalue weighted by Gasteiger charge is -2.21. The van der Waals surface area contributed by atoms with Crippen molar-refractivity contribution in [2.45, 2.75) is 32.0 Å². The van der Waals surface area contributed by atoms with Crippen molar-refractivity contribution in [2.75, 3.05) is 6.54 Å². The lowest BCUT2D eigenvalue weighted by molar-refractivity contribution is 0.220. The fourth-order valence-electron chi connectivity index (χ4n) is 1.78. The Hall–Kier alpha value is -0.870. The van der Waals surface area contributed by atoms with Crippen LogP contribution < -0.4 is 5.73 Å². The number of nitrogens with two attached hydrogens (primary N) is 1. The van der Waals surface area contributed by atoms with Crippen LogP contribution in [0.1, 0.15) is 19.1 Å². The summed E-state index contributed by atoms with van der Waals surface area (Å²) in [6.07, 6.45) is 2.76. The molecule has 4 nitrogen and oxygen atoms in total. The lowest BCUT2D eigenvalue weighted by Crippen LogP contribution is -2.36. The van der Waals surface area contributed by atoms with Crippen molar-refractivity contribution in [3.05, 3.63) is 18.0 Å². The van der Waals surface area contributed by atoms with E-state index < -0.39 is 0 Å². The molecule has 1 fully saturated rings. The van der Waals surface area contributed by atoms with E-state index in [-0.39, 0.29) is 0 Å². The van der Waals surface area contributed by atoms with Crippen molar-refractivity contribution in [1.82, 2.24) is 10.1 Å². The molecule has 4 heteroatoms. The molecule has 1 aliphatic rings. The first-order valence-corrected chi connectivity index (χ1v) is 4.66. The number of likely N-dealkylation sites (tertiary alicyclic amines) is 1. The Morgan fingerprint density at radius 3 is 3.15 bits per heavy atom. The zero-order chi connectivity index (χ0) is 9.26. The Labute approximate surface area is 77.7 Å². The molecule has 72 valence electrons. The van der Waals surface area contributed by atoms with Crippen molar-refractivity contribution in [2.24, 2.45) is 5.73 Å². The average Bonchev–Trinajstić information content (AvgIpc) is 2.71. The Bertz CT molecular complexity index is 260. The first kappa shape index (κ1) is 8.72. The van der Waals surface area contributed by atoms with Gasteiger partial charge in [-0.3, -0.25) is 4.90 Å². The third-order valence-electron chi connectivity index (χ3n) is 2.80. The van der Waals surface area contributed by atoms with E-state index in [1.165, 1.54) is 0 Å². The van der Waals surface area contributed by atoms with Crippen LogP contribution in [0.5, 0.6) is 0 Å². The molecule has 0 aliphatic carbocycles. The molecule has 2 N–H and O–H groups in total. The van der Waals surface area contributed by atoms with Crippen LogP contribution in [0.25, 0.3) is 0 Å². The van der Waals surface area contributed by atoms with Crippen LogP contribution in [0.3, 0.4) is 0 Å². The van der Waals surface area contributed by atoms with Crippen molar-refractivity contribution in [3.63, 3.8) is 0 Å². The predicted octanol–water partition coefficient (Wildman–Crippen LogP) is 0.596. The van der Waals surface area contributed by atoms with Gasteiger partial charge in [-0.1, -0.05) is 5.16 Å². The maximum Gasteiger partial charge on any atom is 0.150 e. The van der Waals surface area contributed by atoms with Crippen LogP contribution >= 0.6 is 0 Å². The predicted molar refractivity (Wildman–Crippen MR) is 49.0 cm³/mol. The van der Waals surface area contributed by atoms with Gasteiger partial charge in [-0.05, 0) is 13.3 Å². The fraction of sp³-hybridized carbons (Fsp3) is 0.667. The highest BCUT2D eigenvalue weighted by Gasteiger charge is 2.28. The molecule has 0 saturated carbocycles. The second-order valence-electron chi connectivity index (χ2n) is 3.64. The van der Waals surface area contributed by atoms with Gasteiger partial charge in [0.1, 0.15) is 0 Å². The van der Waals surface area contributed by atoms with Gasteiger partial charge in [0, 0.05) is 24.7 Å². The maximum absolute atomic E-state index is 5.91. The van der Waals surface area contributed by atoms with E-state index in [2.05, 4.69) is 17.0 Å². The van der Waals surface area contributed by atoms with Gasteiger partial charge in [-0.15, -0.1) is 0 Å². The van der Waals surface area contributed by atoms with Gasteiger partial charge in [0.2, 0.25) is 0 Å². The standard InChI is InChI=1S/C9H15N3O/c1-7-9(10)3-5-12(7)6-8-2-4-11-13-8/h2,4,7,9H,3,5-6,10H2,1H3. The van der Waals surface area contributed by atoms with Crippen LogP contribution in [0, 0.1) is 0 Å². The summed E-state index contributed by atoms with van der Waals surface area (Å²) in [7, 11) is 0. The zero-order valence-corrected chi connectivity index (χ0v) is 7.81. The van der Waals surface area contributed by atoms with Crippen molar-refractivity contribution in [1.29, 1.82) is 0 Å². The molecule has 2 unspecified atom stereocenters. The van der Waals surface area contributed by atoms with Gasteiger partial charge < -0.3 is 10.3 Å². The normalized spacial score (nSPS) is 29.7. The Morgan fingerprint density at radius 1 is 1.77 bits per heavy atom. The Balaban J connectivity index is 1.96.